The van der Waals surface area contributed by atoms with Gasteiger partial charge in [0, 0.05) is 50.2 Å². The third kappa shape index (κ3) is 3.02. The van der Waals surface area contributed by atoms with Crippen molar-refractivity contribution in [3.8, 4) is 0 Å². The van der Waals surface area contributed by atoms with Gasteiger partial charge in [0.15, 0.2) is 0 Å². The third-order valence-electron chi connectivity index (χ3n) is 4.47. The largest absolute Gasteiger partial charge is 0.290 e. The van der Waals surface area contributed by atoms with Gasteiger partial charge in [0.2, 0.25) is 0 Å². The SMILES string of the molecule is CCn1ccc(CN(Cc2c(C)nn(C)c2C)C2CC2)n1. The van der Waals surface area contributed by atoms with Crippen molar-refractivity contribution in [1.29, 1.82) is 0 Å². The van der Waals surface area contributed by atoms with Gasteiger partial charge in [-0.25, -0.2) is 0 Å². The lowest BCUT2D eigenvalue weighted by Gasteiger charge is -2.21. The summed E-state index contributed by atoms with van der Waals surface area (Å²) in [5.74, 6) is 0. The lowest BCUT2D eigenvalue weighted by Crippen LogP contribution is -2.26. The standard InChI is InChI=1S/C16H25N5/c1-5-21-9-8-14(18-21)10-20(15-6-7-15)11-16-12(2)17-19(4)13(16)3/h8-9,15H,5-7,10-11H2,1-4H3. The molecule has 5 nitrogen and oxygen atoms in total. The normalized spacial score (nSPS) is 15.1. The second-order valence-electron chi connectivity index (χ2n) is 6.07. The van der Waals surface area contributed by atoms with Gasteiger partial charge in [-0.2, -0.15) is 10.2 Å². The van der Waals surface area contributed by atoms with Crippen LogP contribution in [0.15, 0.2) is 12.3 Å². The molecule has 1 fully saturated rings. The summed E-state index contributed by atoms with van der Waals surface area (Å²) in [7, 11) is 2.02. The molecular formula is C16H25N5. The van der Waals surface area contributed by atoms with Crippen molar-refractivity contribution in [2.45, 2.75) is 59.3 Å². The maximum absolute atomic E-state index is 4.62. The van der Waals surface area contributed by atoms with Crippen molar-refractivity contribution in [1.82, 2.24) is 24.5 Å². The molecule has 2 aromatic heterocycles. The Morgan fingerprint density at radius 2 is 2.00 bits per heavy atom. The molecule has 0 atom stereocenters. The van der Waals surface area contributed by atoms with E-state index in [2.05, 4.69) is 48.1 Å². The Hall–Kier alpha value is -1.62. The van der Waals surface area contributed by atoms with Crippen LogP contribution in [0.5, 0.6) is 0 Å². The van der Waals surface area contributed by atoms with E-state index in [-0.39, 0.29) is 0 Å². The molecule has 0 amide bonds. The van der Waals surface area contributed by atoms with Crippen molar-refractivity contribution in [2.24, 2.45) is 7.05 Å². The molecule has 0 aliphatic heterocycles. The highest BCUT2D eigenvalue weighted by Gasteiger charge is 2.30. The maximum Gasteiger partial charge on any atom is 0.0765 e. The van der Waals surface area contributed by atoms with Crippen LogP contribution in [-0.2, 0) is 26.7 Å². The summed E-state index contributed by atoms with van der Waals surface area (Å²) in [5, 5.41) is 9.16. The molecule has 1 aliphatic carbocycles. The van der Waals surface area contributed by atoms with E-state index in [4.69, 9.17) is 0 Å². The fraction of sp³-hybridized carbons (Fsp3) is 0.625. The summed E-state index contributed by atoms with van der Waals surface area (Å²) in [6.45, 7) is 9.24. The topological polar surface area (TPSA) is 38.9 Å². The first-order valence-electron chi connectivity index (χ1n) is 7.84. The van der Waals surface area contributed by atoms with Gasteiger partial charge in [0.05, 0.1) is 11.4 Å². The van der Waals surface area contributed by atoms with Crippen LogP contribution in [0.25, 0.3) is 0 Å². The molecule has 0 N–H and O–H groups in total. The highest BCUT2D eigenvalue weighted by Crippen LogP contribution is 2.30. The van der Waals surface area contributed by atoms with Gasteiger partial charge in [0.25, 0.3) is 0 Å². The van der Waals surface area contributed by atoms with Gasteiger partial charge in [-0.1, -0.05) is 0 Å². The van der Waals surface area contributed by atoms with Gasteiger partial charge >= 0.3 is 0 Å². The van der Waals surface area contributed by atoms with Crippen molar-refractivity contribution in [3.05, 3.63) is 34.9 Å². The summed E-state index contributed by atoms with van der Waals surface area (Å²) >= 11 is 0. The van der Waals surface area contributed by atoms with E-state index in [9.17, 15) is 0 Å². The second-order valence-corrected chi connectivity index (χ2v) is 6.07. The minimum absolute atomic E-state index is 0.718. The zero-order chi connectivity index (χ0) is 15.0. The number of nitrogens with zero attached hydrogens (tertiary/aromatic N) is 5. The Balaban J connectivity index is 1.75. The molecule has 114 valence electrons. The Kier molecular flexibility index (Phi) is 3.85. The number of rotatable bonds is 6. The summed E-state index contributed by atoms with van der Waals surface area (Å²) < 4.78 is 3.99. The predicted octanol–water partition coefficient (Wildman–Crippen LogP) is 2.42. The van der Waals surface area contributed by atoms with Crippen LogP contribution in [0.3, 0.4) is 0 Å². The summed E-state index contributed by atoms with van der Waals surface area (Å²) in [4.78, 5) is 2.55. The van der Waals surface area contributed by atoms with E-state index in [1.807, 2.05) is 16.4 Å². The Labute approximate surface area is 126 Å². The summed E-state index contributed by atoms with van der Waals surface area (Å²) in [5.41, 5.74) is 4.97. The third-order valence-corrected chi connectivity index (χ3v) is 4.47. The van der Waals surface area contributed by atoms with E-state index >= 15 is 0 Å². The number of aromatic nitrogens is 4. The van der Waals surface area contributed by atoms with Crippen LogP contribution in [0.2, 0.25) is 0 Å². The Morgan fingerprint density at radius 3 is 2.52 bits per heavy atom. The van der Waals surface area contributed by atoms with Gasteiger partial charge in [-0.3, -0.25) is 14.3 Å². The average molecular weight is 287 g/mol. The van der Waals surface area contributed by atoms with Gasteiger partial charge < -0.3 is 0 Å². The molecule has 0 unspecified atom stereocenters. The zero-order valence-electron chi connectivity index (χ0n) is 13.5. The highest BCUT2D eigenvalue weighted by atomic mass is 15.3. The quantitative estimate of drug-likeness (QED) is 0.819. The van der Waals surface area contributed by atoms with Crippen molar-refractivity contribution < 1.29 is 0 Å². The van der Waals surface area contributed by atoms with Crippen LogP contribution in [0.4, 0.5) is 0 Å². The molecule has 0 radical (unpaired) electrons. The molecule has 2 heterocycles. The zero-order valence-corrected chi connectivity index (χ0v) is 13.5. The van der Waals surface area contributed by atoms with E-state index in [1.165, 1.54) is 29.8 Å². The van der Waals surface area contributed by atoms with Gasteiger partial charge in [-0.05, 0) is 39.7 Å². The van der Waals surface area contributed by atoms with E-state index in [0.29, 0.717) is 0 Å². The smallest absolute Gasteiger partial charge is 0.0765 e. The van der Waals surface area contributed by atoms with Gasteiger partial charge in [-0.15, -0.1) is 0 Å². The molecule has 1 saturated carbocycles. The molecule has 0 bridgehead atoms. The molecular weight excluding hydrogens is 262 g/mol. The fourth-order valence-corrected chi connectivity index (χ4v) is 2.88. The van der Waals surface area contributed by atoms with Crippen molar-refractivity contribution >= 4 is 0 Å². The molecule has 0 aromatic carbocycles. The van der Waals surface area contributed by atoms with Crippen molar-refractivity contribution in [2.75, 3.05) is 0 Å². The van der Waals surface area contributed by atoms with Crippen LogP contribution in [-0.4, -0.2) is 30.5 Å². The molecule has 1 aliphatic rings. The fourth-order valence-electron chi connectivity index (χ4n) is 2.88. The molecule has 0 spiro atoms. The predicted molar refractivity (Wildman–Crippen MR) is 82.9 cm³/mol. The van der Waals surface area contributed by atoms with Crippen molar-refractivity contribution in [3.63, 3.8) is 0 Å². The Bertz CT molecular complexity index is 621. The molecule has 2 aromatic rings. The number of hydrogen-bond donors (Lipinski definition) is 0. The van der Waals surface area contributed by atoms with Crippen LogP contribution < -0.4 is 0 Å². The molecule has 0 saturated heterocycles. The first-order valence-corrected chi connectivity index (χ1v) is 7.84. The van der Waals surface area contributed by atoms with Crippen LogP contribution >= 0.6 is 0 Å². The minimum atomic E-state index is 0.718. The summed E-state index contributed by atoms with van der Waals surface area (Å²) in [6, 6.07) is 2.86. The number of aryl methyl sites for hydroxylation is 3. The van der Waals surface area contributed by atoms with E-state index in [0.717, 1.165) is 31.4 Å². The number of hydrogen-bond acceptors (Lipinski definition) is 3. The molecule has 21 heavy (non-hydrogen) atoms. The lowest BCUT2D eigenvalue weighted by atomic mass is 10.1. The van der Waals surface area contributed by atoms with Crippen LogP contribution in [0.1, 0.15) is 42.4 Å². The monoisotopic (exact) mass is 287 g/mol. The first kappa shape index (κ1) is 14.3. The maximum atomic E-state index is 4.62. The van der Waals surface area contributed by atoms with E-state index in [1.54, 1.807) is 0 Å². The minimum Gasteiger partial charge on any atom is -0.290 e. The van der Waals surface area contributed by atoms with Crippen LogP contribution in [0, 0.1) is 13.8 Å². The highest BCUT2D eigenvalue weighted by molar-refractivity contribution is 5.24. The lowest BCUT2D eigenvalue weighted by molar-refractivity contribution is 0.241. The molecule has 5 heteroatoms. The molecule has 3 rings (SSSR count). The van der Waals surface area contributed by atoms with Gasteiger partial charge in [0.1, 0.15) is 0 Å². The second kappa shape index (κ2) is 5.64. The Morgan fingerprint density at radius 1 is 1.24 bits per heavy atom. The summed E-state index contributed by atoms with van der Waals surface area (Å²) in [6.07, 6.45) is 4.70. The first-order chi connectivity index (χ1) is 10.1. The van der Waals surface area contributed by atoms with E-state index < -0.39 is 0 Å². The average Bonchev–Trinajstić information content (AvgIpc) is 3.16.